The van der Waals surface area contributed by atoms with E-state index in [1.807, 2.05) is 41.4 Å². The first-order valence-electron chi connectivity index (χ1n) is 12.4. The van der Waals surface area contributed by atoms with E-state index in [2.05, 4.69) is 58.3 Å². The fourth-order valence-electron chi connectivity index (χ4n) is 5.00. The molecule has 0 bridgehead atoms. The Balaban J connectivity index is 0.00000267. The first-order valence-corrected chi connectivity index (χ1v) is 12.4. The number of hydrogen-bond donors (Lipinski definition) is 0. The highest BCUT2D eigenvalue weighted by Gasteiger charge is 2.13. The van der Waals surface area contributed by atoms with Crippen molar-refractivity contribution in [2.24, 2.45) is 0 Å². The fourth-order valence-corrected chi connectivity index (χ4v) is 5.00. The van der Waals surface area contributed by atoms with Crippen LogP contribution in [0.2, 0.25) is 0 Å². The lowest BCUT2D eigenvalue weighted by Gasteiger charge is -2.26. The smallest absolute Gasteiger partial charge is 0.213 e. The molecule has 2 aromatic carbocycles. The minimum atomic E-state index is 0. The second-order valence-corrected chi connectivity index (χ2v) is 9.28. The lowest BCUT2D eigenvalue weighted by Crippen LogP contribution is -2.33. The second-order valence-electron chi connectivity index (χ2n) is 9.28. The van der Waals surface area contributed by atoms with E-state index in [4.69, 9.17) is 9.72 Å². The zero-order valence-electron chi connectivity index (χ0n) is 20.5. The van der Waals surface area contributed by atoms with Gasteiger partial charge in [-0.15, -0.1) is 0 Å². The van der Waals surface area contributed by atoms with Crippen LogP contribution in [0.15, 0.2) is 73.3 Å². The standard InChI is InChI=1S/C29H29N5O.H2O/c1-21-9-11-26(25-8-4-3-7-24(21)25)27-19-32-34-20-23(18-31-29(27)34)22-10-12-28(30-17-22)35-16-15-33-13-5-2-6-14-33;/h3-4,7-12,17-20H,2,5-6,13-16H2,1H3;1H2. The van der Waals surface area contributed by atoms with Crippen molar-refractivity contribution in [3.63, 3.8) is 0 Å². The van der Waals surface area contributed by atoms with E-state index in [0.717, 1.165) is 34.4 Å². The maximum Gasteiger partial charge on any atom is 0.213 e. The molecular weight excluding hydrogens is 450 g/mol. The summed E-state index contributed by atoms with van der Waals surface area (Å²) in [6, 6.07) is 16.8. The molecule has 0 saturated carbocycles. The van der Waals surface area contributed by atoms with Crippen molar-refractivity contribution in [1.82, 2.24) is 24.5 Å². The Hall–Kier alpha value is -3.81. The van der Waals surface area contributed by atoms with Gasteiger partial charge in [-0.3, -0.25) is 4.90 Å². The molecular formula is C29H31N5O2. The minimum Gasteiger partial charge on any atom is -0.476 e. The normalized spacial score (nSPS) is 14.1. The molecule has 6 rings (SSSR count). The molecule has 7 nitrogen and oxygen atoms in total. The molecule has 0 amide bonds. The molecule has 36 heavy (non-hydrogen) atoms. The summed E-state index contributed by atoms with van der Waals surface area (Å²) in [6.45, 7) is 6.14. The summed E-state index contributed by atoms with van der Waals surface area (Å²) in [4.78, 5) is 11.8. The number of fused-ring (bicyclic) bond motifs is 2. The zero-order chi connectivity index (χ0) is 23.6. The van der Waals surface area contributed by atoms with Crippen LogP contribution in [0, 0.1) is 6.92 Å². The molecule has 1 aliphatic heterocycles. The SMILES string of the molecule is Cc1ccc(-c2cnn3cc(-c4ccc(OCCN5CCCCC5)nc4)cnc23)c2ccccc12.O. The molecule has 0 atom stereocenters. The van der Waals surface area contributed by atoms with Crippen LogP contribution in [0.5, 0.6) is 5.88 Å². The Bertz CT molecular complexity index is 1470. The van der Waals surface area contributed by atoms with E-state index in [1.54, 1.807) is 0 Å². The zero-order valence-corrected chi connectivity index (χ0v) is 20.5. The molecule has 0 aliphatic carbocycles. The van der Waals surface area contributed by atoms with Gasteiger partial charge in [0.2, 0.25) is 5.88 Å². The average Bonchev–Trinajstić information content (AvgIpc) is 3.33. The Labute approximate surface area is 210 Å². The molecule has 4 heterocycles. The summed E-state index contributed by atoms with van der Waals surface area (Å²) in [5.41, 5.74) is 6.24. The van der Waals surface area contributed by atoms with Crippen molar-refractivity contribution in [3.8, 4) is 28.1 Å². The molecule has 1 fully saturated rings. The number of likely N-dealkylation sites (tertiary alicyclic amines) is 1. The molecule has 7 heteroatoms. The lowest BCUT2D eigenvalue weighted by molar-refractivity contribution is 0.180. The summed E-state index contributed by atoms with van der Waals surface area (Å²) in [5.74, 6) is 0.660. The molecule has 3 aromatic heterocycles. The van der Waals surface area contributed by atoms with Crippen molar-refractivity contribution in [2.75, 3.05) is 26.2 Å². The van der Waals surface area contributed by atoms with Gasteiger partial charge in [-0.05, 0) is 60.8 Å². The predicted molar refractivity (Wildman–Crippen MR) is 143 cm³/mol. The molecule has 5 aromatic rings. The molecule has 2 N–H and O–H groups in total. The van der Waals surface area contributed by atoms with Gasteiger partial charge in [-0.1, -0.05) is 42.8 Å². The predicted octanol–water partition coefficient (Wildman–Crippen LogP) is 4.96. The van der Waals surface area contributed by atoms with Gasteiger partial charge in [-0.25, -0.2) is 14.5 Å². The first-order chi connectivity index (χ1) is 17.3. The average molecular weight is 482 g/mol. The Morgan fingerprint density at radius 2 is 1.61 bits per heavy atom. The highest BCUT2D eigenvalue weighted by molar-refractivity contribution is 6.01. The van der Waals surface area contributed by atoms with E-state index in [1.165, 1.54) is 48.7 Å². The maximum absolute atomic E-state index is 5.88. The van der Waals surface area contributed by atoms with Crippen LogP contribution in [0.1, 0.15) is 24.8 Å². The Morgan fingerprint density at radius 3 is 2.42 bits per heavy atom. The largest absolute Gasteiger partial charge is 0.476 e. The summed E-state index contributed by atoms with van der Waals surface area (Å²) in [7, 11) is 0. The molecule has 1 aliphatic rings. The van der Waals surface area contributed by atoms with Crippen molar-refractivity contribution in [1.29, 1.82) is 0 Å². The molecule has 1 saturated heterocycles. The van der Waals surface area contributed by atoms with Gasteiger partial charge < -0.3 is 10.2 Å². The Morgan fingerprint density at radius 1 is 0.806 bits per heavy atom. The van der Waals surface area contributed by atoms with Crippen molar-refractivity contribution in [3.05, 3.63) is 78.9 Å². The highest BCUT2D eigenvalue weighted by atomic mass is 16.5. The monoisotopic (exact) mass is 481 g/mol. The van der Waals surface area contributed by atoms with Gasteiger partial charge in [-0.2, -0.15) is 5.10 Å². The number of aromatic nitrogens is 4. The summed E-state index contributed by atoms with van der Waals surface area (Å²) in [5, 5.41) is 7.09. The third-order valence-electron chi connectivity index (χ3n) is 6.96. The third kappa shape index (κ3) is 4.67. The number of nitrogens with zero attached hydrogens (tertiary/aromatic N) is 5. The van der Waals surface area contributed by atoms with Gasteiger partial charge in [0.05, 0.1) is 6.20 Å². The second kappa shape index (κ2) is 10.4. The van der Waals surface area contributed by atoms with Crippen molar-refractivity contribution < 1.29 is 10.2 Å². The van der Waals surface area contributed by atoms with Crippen LogP contribution in [-0.4, -0.2) is 56.2 Å². The first kappa shape index (κ1) is 23.9. The maximum atomic E-state index is 5.88. The quantitative estimate of drug-likeness (QED) is 0.342. The number of hydrogen-bond acceptors (Lipinski definition) is 5. The number of aryl methyl sites for hydroxylation is 1. The number of benzene rings is 2. The topological polar surface area (TPSA) is 87.1 Å². The number of pyridine rings is 1. The van der Waals surface area contributed by atoms with Gasteiger partial charge in [0.1, 0.15) is 6.61 Å². The Kier molecular flexibility index (Phi) is 6.93. The molecule has 0 spiro atoms. The van der Waals surface area contributed by atoms with Crippen LogP contribution < -0.4 is 4.74 Å². The lowest BCUT2D eigenvalue weighted by atomic mass is 9.97. The van der Waals surface area contributed by atoms with Crippen LogP contribution in [0.3, 0.4) is 0 Å². The number of rotatable bonds is 6. The van der Waals surface area contributed by atoms with Crippen LogP contribution in [0.25, 0.3) is 38.7 Å². The van der Waals surface area contributed by atoms with E-state index in [-0.39, 0.29) is 5.48 Å². The van der Waals surface area contributed by atoms with Crippen LogP contribution in [-0.2, 0) is 0 Å². The van der Waals surface area contributed by atoms with Gasteiger partial charge in [0.15, 0.2) is 5.65 Å². The molecule has 184 valence electrons. The van der Waals surface area contributed by atoms with Crippen LogP contribution >= 0.6 is 0 Å². The third-order valence-corrected chi connectivity index (χ3v) is 6.96. The van der Waals surface area contributed by atoms with E-state index in [9.17, 15) is 0 Å². The van der Waals surface area contributed by atoms with Gasteiger partial charge in [0.25, 0.3) is 0 Å². The van der Waals surface area contributed by atoms with Gasteiger partial charge in [0, 0.05) is 47.9 Å². The fraction of sp³-hybridized carbons (Fsp3) is 0.276. The number of ether oxygens (including phenoxy) is 1. The van der Waals surface area contributed by atoms with Crippen LogP contribution in [0.4, 0.5) is 0 Å². The summed E-state index contributed by atoms with van der Waals surface area (Å²) >= 11 is 0. The van der Waals surface area contributed by atoms with E-state index in [0.29, 0.717) is 12.5 Å². The van der Waals surface area contributed by atoms with E-state index < -0.39 is 0 Å². The van der Waals surface area contributed by atoms with E-state index >= 15 is 0 Å². The summed E-state index contributed by atoms with van der Waals surface area (Å²) in [6.07, 6.45) is 11.6. The summed E-state index contributed by atoms with van der Waals surface area (Å²) < 4.78 is 7.73. The minimum absolute atomic E-state index is 0. The number of piperidine rings is 1. The molecule has 0 radical (unpaired) electrons. The van der Waals surface area contributed by atoms with Gasteiger partial charge >= 0.3 is 0 Å². The van der Waals surface area contributed by atoms with Crippen molar-refractivity contribution in [2.45, 2.75) is 26.2 Å². The highest BCUT2D eigenvalue weighted by Crippen LogP contribution is 2.33. The molecule has 0 unspecified atom stereocenters. The van der Waals surface area contributed by atoms with Crippen molar-refractivity contribution >= 4 is 16.4 Å².